The van der Waals surface area contributed by atoms with Gasteiger partial charge in [-0.1, -0.05) is 48.2 Å². The van der Waals surface area contributed by atoms with Gasteiger partial charge in [-0.25, -0.2) is 4.39 Å². The van der Waals surface area contributed by atoms with Gasteiger partial charge in [-0.2, -0.15) is 4.99 Å². The van der Waals surface area contributed by atoms with Crippen molar-refractivity contribution >= 4 is 39.9 Å². The van der Waals surface area contributed by atoms with Crippen LogP contribution in [0.3, 0.4) is 0 Å². The Morgan fingerprint density at radius 1 is 1.08 bits per heavy atom. The Labute approximate surface area is 154 Å². The molecule has 0 saturated heterocycles. The monoisotopic (exact) mass is 372 g/mol. The zero-order valence-electron chi connectivity index (χ0n) is 13.7. The highest BCUT2D eigenvalue weighted by Crippen LogP contribution is 2.32. The van der Waals surface area contributed by atoms with Crippen molar-refractivity contribution < 1.29 is 9.18 Å². The number of aliphatic imine (C=N–C) groups is 1. The Morgan fingerprint density at radius 3 is 2.24 bits per heavy atom. The fourth-order valence-electron chi connectivity index (χ4n) is 2.31. The number of nitrogens with one attached hydrogen (secondary N) is 1. The van der Waals surface area contributed by atoms with Gasteiger partial charge in [0.15, 0.2) is 0 Å². The second-order valence-corrected chi connectivity index (χ2v) is 7.55. The first kappa shape index (κ1) is 17.9. The second-order valence-electron chi connectivity index (χ2n) is 5.47. The molecule has 1 N–H and O–H groups in total. The number of hydrogen-bond acceptors (Lipinski definition) is 4. The van der Waals surface area contributed by atoms with Crippen LogP contribution >= 0.6 is 23.5 Å². The standard InChI is InChI=1S/C19H17FN2OS2/c1-24-19-22-18(23)17(25-19)10-13-2-4-14(5-3-13)11-21-12-15-6-8-16(20)9-7-15/h2-10,21H,11-12H2,1H3/b17-10+. The molecule has 2 aromatic rings. The molecule has 1 heterocycles. The summed E-state index contributed by atoms with van der Waals surface area (Å²) in [5.41, 5.74) is 3.18. The predicted octanol–water partition coefficient (Wildman–Crippen LogP) is 4.45. The molecule has 0 aromatic heterocycles. The first-order valence-electron chi connectivity index (χ1n) is 7.75. The average molecular weight is 372 g/mol. The van der Waals surface area contributed by atoms with Gasteiger partial charge < -0.3 is 5.32 Å². The molecule has 0 fully saturated rings. The van der Waals surface area contributed by atoms with Crippen molar-refractivity contribution in [1.82, 2.24) is 5.32 Å². The Kier molecular flexibility index (Phi) is 6.07. The number of amides is 1. The van der Waals surface area contributed by atoms with Crippen LogP contribution in [0.1, 0.15) is 16.7 Å². The van der Waals surface area contributed by atoms with Crippen LogP contribution in [0.25, 0.3) is 6.08 Å². The minimum atomic E-state index is -0.220. The zero-order valence-corrected chi connectivity index (χ0v) is 15.3. The van der Waals surface area contributed by atoms with E-state index in [4.69, 9.17) is 0 Å². The molecule has 1 aliphatic rings. The molecule has 128 valence electrons. The summed E-state index contributed by atoms with van der Waals surface area (Å²) in [7, 11) is 0. The normalized spacial score (nSPS) is 15.7. The molecular weight excluding hydrogens is 355 g/mol. The summed E-state index contributed by atoms with van der Waals surface area (Å²) in [6.45, 7) is 1.41. The van der Waals surface area contributed by atoms with Crippen LogP contribution in [0, 0.1) is 5.82 Å². The molecular formula is C19H17FN2OS2. The van der Waals surface area contributed by atoms with Gasteiger partial charge in [0.05, 0.1) is 4.91 Å². The van der Waals surface area contributed by atoms with Gasteiger partial charge in [0.2, 0.25) is 0 Å². The van der Waals surface area contributed by atoms with Gasteiger partial charge in [0, 0.05) is 13.1 Å². The van der Waals surface area contributed by atoms with Gasteiger partial charge >= 0.3 is 0 Å². The molecule has 0 spiro atoms. The third-order valence-electron chi connectivity index (χ3n) is 3.62. The molecule has 1 aliphatic heterocycles. The smallest absolute Gasteiger partial charge is 0.285 e. The number of rotatable bonds is 5. The number of nitrogens with zero attached hydrogens (tertiary/aromatic N) is 1. The Bertz CT molecular complexity index is 814. The predicted molar refractivity (Wildman–Crippen MR) is 105 cm³/mol. The summed E-state index contributed by atoms with van der Waals surface area (Å²) >= 11 is 2.90. The van der Waals surface area contributed by atoms with Gasteiger partial charge in [0.25, 0.3) is 5.91 Å². The van der Waals surface area contributed by atoms with Crippen LogP contribution in [-0.4, -0.2) is 16.5 Å². The van der Waals surface area contributed by atoms with Gasteiger partial charge in [-0.05, 0) is 41.2 Å². The number of carbonyl (C=O) groups excluding carboxylic acids is 1. The average Bonchev–Trinajstić information content (AvgIpc) is 2.98. The van der Waals surface area contributed by atoms with Gasteiger partial charge in [-0.15, -0.1) is 11.8 Å². The van der Waals surface area contributed by atoms with Crippen LogP contribution < -0.4 is 5.32 Å². The quantitative estimate of drug-likeness (QED) is 0.788. The maximum atomic E-state index is 12.9. The minimum Gasteiger partial charge on any atom is -0.309 e. The molecule has 3 nitrogen and oxygen atoms in total. The van der Waals surface area contributed by atoms with E-state index in [2.05, 4.69) is 10.3 Å². The third-order valence-corrected chi connectivity index (χ3v) is 5.59. The van der Waals surface area contributed by atoms with Gasteiger partial charge in [-0.3, -0.25) is 4.79 Å². The molecule has 0 radical (unpaired) electrons. The summed E-state index contributed by atoms with van der Waals surface area (Å²) in [4.78, 5) is 16.4. The molecule has 0 unspecified atom stereocenters. The summed E-state index contributed by atoms with van der Waals surface area (Å²) in [6.07, 6.45) is 3.78. The summed E-state index contributed by atoms with van der Waals surface area (Å²) in [5.74, 6) is -0.387. The highest BCUT2D eigenvalue weighted by molar-refractivity contribution is 8.40. The topological polar surface area (TPSA) is 41.5 Å². The zero-order chi connectivity index (χ0) is 17.6. The lowest BCUT2D eigenvalue weighted by Gasteiger charge is -2.06. The van der Waals surface area contributed by atoms with E-state index in [-0.39, 0.29) is 11.7 Å². The summed E-state index contributed by atoms with van der Waals surface area (Å²) in [5, 5.41) is 3.33. The summed E-state index contributed by atoms with van der Waals surface area (Å²) in [6, 6.07) is 14.5. The molecule has 6 heteroatoms. The van der Waals surface area contributed by atoms with Gasteiger partial charge in [0.1, 0.15) is 10.2 Å². The number of halogens is 1. The molecule has 1 amide bonds. The molecule has 25 heavy (non-hydrogen) atoms. The minimum absolute atomic E-state index is 0.167. The Balaban J connectivity index is 1.54. The first-order valence-corrected chi connectivity index (χ1v) is 9.79. The van der Waals surface area contributed by atoms with Crippen LogP contribution in [0.5, 0.6) is 0 Å². The molecule has 2 aromatic carbocycles. The third kappa shape index (κ3) is 5.04. The molecule has 0 saturated carbocycles. The largest absolute Gasteiger partial charge is 0.309 e. The van der Waals surface area contributed by atoms with Crippen LogP contribution in [0.15, 0.2) is 58.4 Å². The Morgan fingerprint density at radius 2 is 1.68 bits per heavy atom. The van der Waals surface area contributed by atoms with Crippen molar-refractivity contribution in [2.45, 2.75) is 13.1 Å². The number of hydrogen-bond donors (Lipinski definition) is 1. The van der Waals surface area contributed by atoms with Crippen molar-refractivity contribution in [1.29, 1.82) is 0 Å². The Hall–Kier alpha value is -1.89. The molecule has 0 bridgehead atoms. The molecule has 3 rings (SSSR count). The maximum Gasteiger partial charge on any atom is 0.285 e. The van der Waals surface area contributed by atoms with Crippen LogP contribution in [0.4, 0.5) is 4.39 Å². The maximum absolute atomic E-state index is 12.9. The summed E-state index contributed by atoms with van der Waals surface area (Å²) < 4.78 is 13.7. The first-order chi connectivity index (χ1) is 12.1. The SMILES string of the molecule is CSC1=NC(=O)/C(=C\c2ccc(CNCc3ccc(F)cc3)cc2)S1. The van der Waals surface area contributed by atoms with Crippen molar-refractivity contribution in [3.8, 4) is 0 Å². The number of benzene rings is 2. The molecule has 0 aliphatic carbocycles. The number of thioether (sulfide) groups is 2. The van der Waals surface area contributed by atoms with E-state index in [0.29, 0.717) is 11.4 Å². The lowest BCUT2D eigenvalue weighted by atomic mass is 10.1. The fraction of sp³-hybridized carbons (Fsp3) is 0.158. The van der Waals surface area contributed by atoms with Crippen LogP contribution in [-0.2, 0) is 17.9 Å². The highest BCUT2D eigenvalue weighted by atomic mass is 32.2. The second kappa shape index (κ2) is 8.47. The highest BCUT2D eigenvalue weighted by Gasteiger charge is 2.20. The van der Waals surface area contributed by atoms with Crippen molar-refractivity contribution in [2.75, 3.05) is 6.26 Å². The van der Waals surface area contributed by atoms with Crippen molar-refractivity contribution in [3.63, 3.8) is 0 Å². The van der Waals surface area contributed by atoms with Crippen molar-refractivity contribution in [2.24, 2.45) is 4.99 Å². The van der Waals surface area contributed by atoms with E-state index < -0.39 is 0 Å². The van der Waals surface area contributed by atoms with Crippen LogP contribution in [0.2, 0.25) is 0 Å². The van der Waals surface area contributed by atoms with E-state index in [9.17, 15) is 9.18 Å². The van der Waals surface area contributed by atoms with E-state index in [1.54, 1.807) is 12.1 Å². The lowest BCUT2D eigenvalue weighted by molar-refractivity contribution is -0.113. The van der Waals surface area contributed by atoms with Crippen molar-refractivity contribution in [3.05, 3.63) is 75.9 Å². The number of carbonyl (C=O) groups is 1. The van der Waals surface area contributed by atoms with E-state index in [0.717, 1.165) is 27.6 Å². The van der Waals surface area contributed by atoms with E-state index >= 15 is 0 Å². The fourth-order valence-corrected chi connectivity index (χ4v) is 3.74. The molecule has 0 atom stereocenters. The van der Waals surface area contributed by atoms with E-state index in [1.165, 1.54) is 35.7 Å². The van der Waals surface area contributed by atoms with E-state index in [1.807, 2.05) is 36.6 Å². The lowest BCUT2D eigenvalue weighted by Crippen LogP contribution is -2.12.